The molecule has 3 heteroatoms. The lowest BCUT2D eigenvalue weighted by molar-refractivity contribution is -0.124. The second-order valence-electron chi connectivity index (χ2n) is 1.93. The highest BCUT2D eigenvalue weighted by molar-refractivity contribution is 5.99. The summed E-state index contributed by atoms with van der Waals surface area (Å²) < 4.78 is 0. The first kappa shape index (κ1) is 7.92. The molecular formula is C6H9NO2. The minimum atomic E-state index is -0.287. The Balaban J connectivity index is 4.23. The number of hydrogen-bond donors (Lipinski definition) is 0. The Kier molecular flexibility index (Phi) is 2.68. The van der Waals surface area contributed by atoms with Gasteiger partial charge >= 0.3 is 0 Å². The van der Waals surface area contributed by atoms with Crippen molar-refractivity contribution in [2.45, 2.75) is 6.92 Å². The van der Waals surface area contributed by atoms with Gasteiger partial charge in [0.15, 0.2) is 0 Å². The van der Waals surface area contributed by atoms with Gasteiger partial charge in [0.05, 0.1) is 5.57 Å². The predicted octanol–water partition coefficient (Wildman–Crippen LogP) is -0.147. The molecule has 0 bridgehead atoms. The molecule has 0 aromatic carbocycles. The van der Waals surface area contributed by atoms with Crippen molar-refractivity contribution in [1.82, 2.24) is 4.90 Å². The van der Waals surface area contributed by atoms with Crippen LogP contribution in [0.15, 0.2) is 5.57 Å². The molecule has 0 saturated carbocycles. The number of amides is 1. The summed E-state index contributed by atoms with van der Waals surface area (Å²) in [7, 11) is 3.17. The van der Waals surface area contributed by atoms with Crippen molar-refractivity contribution >= 4 is 11.8 Å². The van der Waals surface area contributed by atoms with Crippen molar-refractivity contribution in [2.24, 2.45) is 0 Å². The molecule has 0 saturated heterocycles. The van der Waals surface area contributed by atoms with Gasteiger partial charge in [-0.2, -0.15) is 0 Å². The van der Waals surface area contributed by atoms with E-state index in [1.165, 1.54) is 17.8 Å². The van der Waals surface area contributed by atoms with Gasteiger partial charge in [-0.3, -0.25) is 4.79 Å². The molecule has 0 rings (SSSR count). The van der Waals surface area contributed by atoms with E-state index in [-0.39, 0.29) is 11.5 Å². The third kappa shape index (κ3) is 2.11. The van der Waals surface area contributed by atoms with Crippen LogP contribution in [0.3, 0.4) is 0 Å². The normalized spacial score (nSPS) is 7.89. The van der Waals surface area contributed by atoms with Crippen LogP contribution in [-0.4, -0.2) is 30.8 Å². The molecule has 50 valence electrons. The Hall–Kier alpha value is -1.08. The van der Waals surface area contributed by atoms with Gasteiger partial charge in [-0.05, 0) is 6.92 Å². The summed E-state index contributed by atoms with van der Waals surface area (Å²) in [5.74, 6) is 1.23. The highest BCUT2D eigenvalue weighted by Crippen LogP contribution is 1.89. The van der Waals surface area contributed by atoms with E-state index in [1.54, 1.807) is 14.1 Å². The highest BCUT2D eigenvalue weighted by atomic mass is 16.2. The topological polar surface area (TPSA) is 37.4 Å². The van der Waals surface area contributed by atoms with E-state index in [0.29, 0.717) is 0 Å². The monoisotopic (exact) mass is 127 g/mol. The third-order valence-corrected chi connectivity index (χ3v) is 0.880. The van der Waals surface area contributed by atoms with Gasteiger partial charge in [0.2, 0.25) is 0 Å². The molecule has 0 heterocycles. The van der Waals surface area contributed by atoms with Gasteiger partial charge in [0, 0.05) is 14.1 Å². The zero-order chi connectivity index (χ0) is 7.44. The maximum absolute atomic E-state index is 10.7. The molecule has 9 heavy (non-hydrogen) atoms. The van der Waals surface area contributed by atoms with E-state index in [2.05, 4.69) is 0 Å². The van der Waals surface area contributed by atoms with Gasteiger partial charge < -0.3 is 4.90 Å². The average molecular weight is 127 g/mol. The number of hydrogen-bond acceptors (Lipinski definition) is 2. The van der Waals surface area contributed by atoms with Crippen LogP contribution in [0.4, 0.5) is 0 Å². The smallest absolute Gasteiger partial charge is 0.260 e. The van der Waals surface area contributed by atoms with Crippen LogP contribution < -0.4 is 0 Å². The molecule has 0 fully saturated rings. The van der Waals surface area contributed by atoms with E-state index in [0.717, 1.165) is 0 Å². The summed E-state index contributed by atoms with van der Waals surface area (Å²) >= 11 is 0. The fourth-order valence-corrected chi connectivity index (χ4v) is 0.379. The van der Waals surface area contributed by atoms with Crippen molar-refractivity contribution in [1.29, 1.82) is 0 Å². The second kappa shape index (κ2) is 3.05. The number of carbonyl (C=O) groups is 1. The largest absolute Gasteiger partial charge is 0.344 e. The predicted molar refractivity (Wildman–Crippen MR) is 33.6 cm³/mol. The molecule has 3 nitrogen and oxygen atoms in total. The summed E-state index contributed by atoms with van der Waals surface area (Å²) in [6, 6.07) is 0. The Morgan fingerprint density at radius 2 is 1.89 bits per heavy atom. The number of likely N-dealkylation sites (N-methyl/N-ethyl adjacent to an activating group) is 1. The molecule has 0 aromatic rings. The zero-order valence-corrected chi connectivity index (χ0v) is 5.76. The summed E-state index contributed by atoms with van der Waals surface area (Å²) in [5.41, 5.74) is 0.111. The molecule has 0 radical (unpaired) electrons. The maximum atomic E-state index is 10.7. The van der Waals surface area contributed by atoms with Crippen molar-refractivity contribution in [3.63, 3.8) is 0 Å². The fraction of sp³-hybridized carbons (Fsp3) is 0.500. The fourth-order valence-electron chi connectivity index (χ4n) is 0.379. The van der Waals surface area contributed by atoms with E-state index in [1.807, 2.05) is 0 Å². The first-order chi connectivity index (χ1) is 4.09. The summed E-state index contributed by atoms with van der Waals surface area (Å²) in [6.07, 6.45) is 0. The molecule has 0 aromatic heterocycles. The molecular weight excluding hydrogens is 118 g/mol. The molecule has 0 aliphatic heterocycles. The zero-order valence-electron chi connectivity index (χ0n) is 5.76. The van der Waals surface area contributed by atoms with Gasteiger partial charge in [-0.15, -0.1) is 0 Å². The Bertz CT molecular complexity index is 166. The SMILES string of the molecule is CC(=C=O)C(=O)N(C)C. The Labute approximate surface area is 54.0 Å². The second-order valence-corrected chi connectivity index (χ2v) is 1.93. The van der Waals surface area contributed by atoms with Gasteiger partial charge in [0.25, 0.3) is 5.91 Å². The van der Waals surface area contributed by atoms with E-state index >= 15 is 0 Å². The van der Waals surface area contributed by atoms with E-state index in [4.69, 9.17) is 0 Å². The maximum Gasteiger partial charge on any atom is 0.260 e. The van der Waals surface area contributed by atoms with Gasteiger partial charge in [0.1, 0.15) is 5.94 Å². The van der Waals surface area contributed by atoms with Crippen LogP contribution in [-0.2, 0) is 9.59 Å². The lowest BCUT2D eigenvalue weighted by Gasteiger charge is -2.06. The highest BCUT2D eigenvalue weighted by Gasteiger charge is 2.05. The van der Waals surface area contributed by atoms with E-state index < -0.39 is 0 Å². The number of carbonyl (C=O) groups excluding carboxylic acids is 2. The molecule has 0 aliphatic rings. The van der Waals surface area contributed by atoms with E-state index in [9.17, 15) is 9.59 Å². The van der Waals surface area contributed by atoms with Crippen molar-refractivity contribution in [3.8, 4) is 0 Å². The summed E-state index contributed by atoms with van der Waals surface area (Å²) in [5, 5.41) is 0. The molecule has 0 atom stereocenters. The molecule has 0 aliphatic carbocycles. The molecule has 0 spiro atoms. The van der Waals surface area contributed by atoms with Crippen LogP contribution in [0.5, 0.6) is 0 Å². The molecule has 0 unspecified atom stereocenters. The minimum absolute atomic E-state index is 0.111. The van der Waals surface area contributed by atoms with Crippen LogP contribution in [0, 0.1) is 0 Å². The summed E-state index contributed by atoms with van der Waals surface area (Å²) in [4.78, 5) is 21.9. The summed E-state index contributed by atoms with van der Waals surface area (Å²) in [6.45, 7) is 1.44. The molecule has 1 amide bonds. The Morgan fingerprint density at radius 3 is 2.00 bits per heavy atom. The number of rotatable bonds is 1. The average Bonchev–Trinajstić information content (AvgIpc) is 1.84. The van der Waals surface area contributed by atoms with Crippen molar-refractivity contribution in [3.05, 3.63) is 5.57 Å². The third-order valence-electron chi connectivity index (χ3n) is 0.880. The number of nitrogens with zero attached hydrogens (tertiary/aromatic N) is 1. The van der Waals surface area contributed by atoms with Crippen LogP contribution in [0.1, 0.15) is 6.92 Å². The van der Waals surface area contributed by atoms with Crippen LogP contribution in [0.2, 0.25) is 0 Å². The van der Waals surface area contributed by atoms with Crippen LogP contribution >= 0.6 is 0 Å². The first-order valence-electron chi connectivity index (χ1n) is 2.53. The lowest BCUT2D eigenvalue weighted by Crippen LogP contribution is -2.22. The van der Waals surface area contributed by atoms with Crippen molar-refractivity contribution < 1.29 is 9.59 Å². The quantitative estimate of drug-likeness (QED) is 0.363. The standard InChI is InChI=1S/C6H9NO2/c1-5(4-8)6(9)7(2)3/h1-3H3. The minimum Gasteiger partial charge on any atom is -0.344 e. The van der Waals surface area contributed by atoms with Crippen LogP contribution in [0.25, 0.3) is 0 Å². The lowest BCUT2D eigenvalue weighted by atomic mass is 10.3. The van der Waals surface area contributed by atoms with Gasteiger partial charge in [-0.1, -0.05) is 0 Å². The Morgan fingerprint density at radius 1 is 1.44 bits per heavy atom. The van der Waals surface area contributed by atoms with Crippen molar-refractivity contribution in [2.75, 3.05) is 14.1 Å². The van der Waals surface area contributed by atoms with Gasteiger partial charge in [-0.25, -0.2) is 4.79 Å². The molecule has 0 N–H and O–H groups in total. The first-order valence-corrected chi connectivity index (χ1v) is 2.53.